The van der Waals surface area contributed by atoms with Crippen LogP contribution in [0.2, 0.25) is 0 Å². The molecule has 0 saturated heterocycles. The second-order valence-electron chi connectivity index (χ2n) is 7.79. The Balaban J connectivity index is 1.52. The highest BCUT2D eigenvalue weighted by atomic mass is 32.2. The third-order valence-electron chi connectivity index (χ3n) is 5.88. The SMILES string of the molecule is CC(C)N1C2=CCCC(C3N=C(C4CCCCC4)CS3)C2=NC1O. The van der Waals surface area contributed by atoms with Crippen LogP contribution in [0.1, 0.15) is 58.8 Å². The second-order valence-corrected chi connectivity index (χ2v) is 8.90. The van der Waals surface area contributed by atoms with Gasteiger partial charge in [-0.15, -0.1) is 11.8 Å². The van der Waals surface area contributed by atoms with E-state index in [4.69, 9.17) is 4.99 Å². The molecular weight excluding hydrogens is 318 g/mol. The van der Waals surface area contributed by atoms with Crippen molar-refractivity contribution in [1.29, 1.82) is 0 Å². The van der Waals surface area contributed by atoms with Gasteiger partial charge in [0.1, 0.15) is 5.37 Å². The summed E-state index contributed by atoms with van der Waals surface area (Å²) in [5, 5.41) is 10.7. The number of allylic oxidation sites excluding steroid dienone is 2. The molecule has 0 spiro atoms. The summed E-state index contributed by atoms with van der Waals surface area (Å²) >= 11 is 2.00. The van der Waals surface area contributed by atoms with E-state index in [2.05, 4.69) is 24.9 Å². The van der Waals surface area contributed by atoms with Crippen LogP contribution in [0, 0.1) is 11.8 Å². The van der Waals surface area contributed by atoms with Gasteiger partial charge in [0.25, 0.3) is 0 Å². The van der Waals surface area contributed by atoms with Crippen LogP contribution in [0.4, 0.5) is 0 Å². The van der Waals surface area contributed by atoms with Gasteiger partial charge in [0.2, 0.25) is 6.35 Å². The molecule has 3 atom stereocenters. The predicted molar refractivity (Wildman–Crippen MR) is 101 cm³/mol. The number of hydrogen-bond donors (Lipinski definition) is 1. The molecule has 3 unspecified atom stereocenters. The molecule has 0 aromatic rings. The summed E-state index contributed by atoms with van der Waals surface area (Å²) in [5.41, 5.74) is 3.73. The van der Waals surface area contributed by atoms with E-state index in [1.807, 2.05) is 16.7 Å². The van der Waals surface area contributed by atoms with Gasteiger partial charge in [-0.2, -0.15) is 0 Å². The van der Waals surface area contributed by atoms with Crippen molar-refractivity contribution < 1.29 is 5.11 Å². The zero-order chi connectivity index (χ0) is 16.7. The van der Waals surface area contributed by atoms with Crippen molar-refractivity contribution in [3.05, 3.63) is 11.8 Å². The molecule has 2 aliphatic heterocycles. The van der Waals surface area contributed by atoms with Crippen LogP contribution in [0.25, 0.3) is 0 Å². The first-order chi connectivity index (χ1) is 11.6. The lowest BCUT2D eigenvalue weighted by Gasteiger charge is -2.32. The average molecular weight is 348 g/mol. The number of hydrogen-bond acceptors (Lipinski definition) is 5. The molecule has 2 aliphatic carbocycles. The second kappa shape index (κ2) is 6.83. The Labute approximate surface area is 149 Å². The first kappa shape index (κ1) is 16.6. The van der Waals surface area contributed by atoms with Crippen molar-refractivity contribution in [3.8, 4) is 0 Å². The molecule has 0 aromatic carbocycles. The third kappa shape index (κ3) is 2.94. The van der Waals surface area contributed by atoms with Gasteiger partial charge in [-0.05, 0) is 45.4 Å². The first-order valence-corrected chi connectivity index (χ1v) is 10.6. The van der Waals surface area contributed by atoms with E-state index in [0.29, 0.717) is 11.3 Å². The fraction of sp³-hybridized carbons (Fsp3) is 0.789. The van der Waals surface area contributed by atoms with Crippen LogP contribution in [-0.2, 0) is 0 Å². The molecule has 4 nitrogen and oxygen atoms in total. The van der Waals surface area contributed by atoms with Gasteiger partial charge in [-0.1, -0.05) is 25.3 Å². The minimum absolute atomic E-state index is 0.267. The Morgan fingerprint density at radius 3 is 2.71 bits per heavy atom. The Bertz CT molecular complexity index is 577. The normalized spacial score (nSPS) is 34.2. The zero-order valence-electron chi connectivity index (χ0n) is 14.8. The van der Waals surface area contributed by atoms with Crippen LogP contribution in [-0.4, -0.2) is 45.0 Å². The van der Waals surface area contributed by atoms with Gasteiger partial charge in [-0.25, -0.2) is 4.99 Å². The Morgan fingerprint density at radius 2 is 1.96 bits per heavy atom. The van der Waals surface area contributed by atoms with E-state index in [9.17, 15) is 5.11 Å². The van der Waals surface area contributed by atoms with Gasteiger partial charge in [0.15, 0.2) is 0 Å². The van der Waals surface area contributed by atoms with Crippen molar-refractivity contribution in [2.75, 3.05) is 5.75 Å². The molecule has 4 rings (SSSR count). The molecule has 2 heterocycles. The summed E-state index contributed by atoms with van der Waals surface area (Å²) < 4.78 is 0. The molecule has 5 heteroatoms. The largest absolute Gasteiger partial charge is 0.355 e. The van der Waals surface area contributed by atoms with E-state index in [1.54, 1.807) is 0 Å². The Hall–Kier alpha value is -0.810. The van der Waals surface area contributed by atoms with Crippen LogP contribution in [0.15, 0.2) is 21.8 Å². The highest BCUT2D eigenvalue weighted by molar-refractivity contribution is 8.00. The van der Waals surface area contributed by atoms with Crippen LogP contribution < -0.4 is 0 Å². The Morgan fingerprint density at radius 1 is 1.17 bits per heavy atom. The summed E-state index contributed by atoms with van der Waals surface area (Å²) in [6.07, 6.45) is 10.6. The number of aliphatic imine (C=N–C) groups is 2. The van der Waals surface area contributed by atoms with Crippen molar-refractivity contribution in [2.24, 2.45) is 21.8 Å². The monoisotopic (exact) mass is 347 g/mol. The molecule has 132 valence electrons. The van der Waals surface area contributed by atoms with E-state index in [0.717, 1.165) is 35.9 Å². The molecule has 0 amide bonds. The third-order valence-corrected chi connectivity index (χ3v) is 7.12. The molecule has 4 aliphatic rings. The van der Waals surface area contributed by atoms with Crippen LogP contribution >= 0.6 is 11.8 Å². The quantitative estimate of drug-likeness (QED) is 0.844. The highest BCUT2D eigenvalue weighted by Crippen LogP contribution is 2.41. The summed E-state index contributed by atoms with van der Waals surface area (Å²) in [6.45, 7) is 4.24. The predicted octanol–water partition coefficient (Wildman–Crippen LogP) is 3.82. The molecule has 1 fully saturated rings. The number of thioether (sulfide) groups is 1. The smallest absolute Gasteiger partial charge is 0.226 e. The molecule has 1 N–H and O–H groups in total. The van der Waals surface area contributed by atoms with Gasteiger partial charge in [0, 0.05) is 23.4 Å². The molecule has 1 saturated carbocycles. The minimum Gasteiger partial charge on any atom is -0.355 e. The molecule has 0 aromatic heterocycles. The standard InChI is InChI=1S/C19H29N3OS/c1-12(2)22-16-10-6-9-14(17(16)21-19(22)23)18-20-15(11-24-18)13-7-4-3-5-8-13/h10,12-14,18-19,23H,3-9,11H2,1-2H3. The van der Waals surface area contributed by atoms with E-state index < -0.39 is 6.35 Å². The lowest BCUT2D eigenvalue weighted by atomic mass is 9.86. The summed E-state index contributed by atoms with van der Waals surface area (Å²) in [5.74, 6) is 2.21. The fourth-order valence-corrected chi connectivity index (χ4v) is 6.00. The maximum atomic E-state index is 10.4. The highest BCUT2D eigenvalue weighted by Gasteiger charge is 2.41. The van der Waals surface area contributed by atoms with Gasteiger partial charge in [0.05, 0.1) is 11.4 Å². The molecule has 0 radical (unpaired) electrons. The van der Waals surface area contributed by atoms with E-state index >= 15 is 0 Å². The van der Waals surface area contributed by atoms with E-state index in [-0.39, 0.29) is 6.04 Å². The molecule has 24 heavy (non-hydrogen) atoms. The minimum atomic E-state index is -0.708. The van der Waals surface area contributed by atoms with Gasteiger partial charge >= 0.3 is 0 Å². The summed E-state index contributed by atoms with van der Waals surface area (Å²) in [7, 11) is 0. The van der Waals surface area contributed by atoms with Crippen molar-refractivity contribution in [2.45, 2.75) is 76.6 Å². The number of aliphatic hydroxyl groups is 1. The summed E-state index contributed by atoms with van der Waals surface area (Å²) in [6, 6.07) is 0.267. The number of aliphatic hydroxyl groups excluding tert-OH is 1. The lowest BCUT2D eigenvalue weighted by molar-refractivity contribution is 0.0318. The topological polar surface area (TPSA) is 48.2 Å². The van der Waals surface area contributed by atoms with Crippen molar-refractivity contribution in [3.63, 3.8) is 0 Å². The maximum absolute atomic E-state index is 10.4. The summed E-state index contributed by atoms with van der Waals surface area (Å²) in [4.78, 5) is 11.8. The van der Waals surface area contributed by atoms with E-state index in [1.165, 1.54) is 37.8 Å². The molecular formula is C19H29N3OS. The average Bonchev–Trinajstić information content (AvgIpc) is 3.19. The lowest BCUT2D eigenvalue weighted by Crippen LogP contribution is -2.37. The van der Waals surface area contributed by atoms with Gasteiger partial charge in [-0.3, -0.25) is 4.99 Å². The van der Waals surface area contributed by atoms with Gasteiger partial charge < -0.3 is 10.0 Å². The first-order valence-electron chi connectivity index (χ1n) is 9.58. The van der Waals surface area contributed by atoms with Crippen molar-refractivity contribution in [1.82, 2.24) is 4.90 Å². The number of nitrogens with zero attached hydrogens (tertiary/aromatic N) is 3. The number of rotatable bonds is 3. The molecule has 0 bridgehead atoms. The Kier molecular flexibility index (Phi) is 4.74. The number of fused-ring (bicyclic) bond motifs is 1. The fourth-order valence-electron chi connectivity index (χ4n) is 4.64. The zero-order valence-corrected chi connectivity index (χ0v) is 15.6. The van der Waals surface area contributed by atoms with Crippen molar-refractivity contribution >= 4 is 23.2 Å². The van der Waals surface area contributed by atoms with Crippen LogP contribution in [0.5, 0.6) is 0 Å². The van der Waals surface area contributed by atoms with Crippen LogP contribution in [0.3, 0.4) is 0 Å². The maximum Gasteiger partial charge on any atom is 0.226 e.